The second-order valence-electron chi connectivity index (χ2n) is 12.8. The first-order valence-corrected chi connectivity index (χ1v) is 14.3. The summed E-state index contributed by atoms with van der Waals surface area (Å²) in [4.78, 5) is 53.6. The minimum Gasteiger partial charge on any atom is -0.455 e. The molecule has 12 heteroatoms. The van der Waals surface area contributed by atoms with E-state index in [1.165, 1.54) is 19.1 Å². The van der Waals surface area contributed by atoms with E-state index in [2.05, 4.69) is 0 Å². The minimum atomic E-state index is -2.15. The molecular formula is C31H38O12. The summed E-state index contributed by atoms with van der Waals surface area (Å²) in [6, 6.07) is 7.98. The molecule has 1 aromatic rings. The smallest absolute Gasteiger partial charge is 0.455 e. The van der Waals surface area contributed by atoms with Crippen molar-refractivity contribution < 1.29 is 58.2 Å². The molecule has 0 spiro atoms. The molecule has 5 rings (SSSR count). The molecule has 234 valence electrons. The van der Waals surface area contributed by atoms with E-state index in [1.54, 1.807) is 39.0 Å². The molecular weight excluding hydrogens is 564 g/mol. The fourth-order valence-electron chi connectivity index (χ4n) is 7.82. The maximum atomic E-state index is 14.8. The van der Waals surface area contributed by atoms with Crippen LogP contribution >= 0.6 is 0 Å². The van der Waals surface area contributed by atoms with Gasteiger partial charge in [-0.15, -0.1) is 0 Å². The van der Waals surface area contributed by atoms with Gasteiger partial charge in [0.15, 0.2) is 11.4 Å². The summed E-state index contributed by atoms with van der Waals surface area (Å²) >= 11 is 0. The van der Waals surface area contributed by atoms with E-state index in [0.717, 1.165) is 14.0 Å². The lowest BCUT2D eigenvalue weighted by molar-refractivity contribution is -0.343. The first-order chi connectivity index (χ1) is 20.1. The lowest BCUT2D eigenvalue weighted by Gasteiger charge is -2.66. The van der Waals surface area contributed by atoms with E-state index in [1.807, 2.05) is 0 Å². The molecule has 12 nitrogen and oxygen atoms in total. The molecule has 3 fully saturated rings. The van der Waals surface area contributed by atoms with E-state index >= 15 is 0 Å². The normalized spacial score (nSPS) is 39.6. The van der Waals surface area contributed by atoms with E-state index in [4.69, 9.17) is 23.7 Å². The summed E-state index contributed by atoms with van der Waals surface area (Å²) in [6.07, 6.45) is -7.00. The predicted octanol–water partition coefficient (Wildman–Crippen LogP) is 2.08. The molecule has 1 aromatic carbocycles. The number of ketones is 1. The number of carbonyl (C=O) groups excluding carboxylic acids is 4. The van der Waals surface area contributed by atoms with Gasteiger partial charge in [-0.25, -0.2) is 9.59 Å². The number of esters is 2. The van der Waals surface area contributed by atoms with Gasteiger partial charge < -0.3 is 39.0 Å². The molecule has 1 saturated heterocycles. The quantitative estimate of drug-likeness (QED) is 0.339. The highest BCUT2D eigenvalue weighted by Crippen LogP contribution is 2.64. The van der Waals surface area contributed by atoms with Crippen molar-refractivity contribution in [2.24, 2.45) is 22.7 Å². The average Bonchev–Trinajstić information content (AvgIpc) is 2.95. The molecule has 0 radical (unpaired) electrons. The Balaban J connectivity index is 1.86. The van der Waals surface area contributed by atoms with Crippen molar-refractivity contribution in [1.29, 1.82) is 0 Å². The van der Waals surface area contributed by atoms with Crippen LogP contribution < -0.4 is 0 Å². The molecule has 3 aliphatic carbocycles. The van der Waals surface area contributed by atoms with Gasteiger partial charge in [0, 0.05) is 31.1 Å². The molecule has 0 amide bonds. The van der Waals surface area contributed by atoms with Gasteiger partial charge in [0.25, 0.3) is 0 Å². The van der Waals surface area contributed by atoms with Crippen LogP contribution in [-0.4, -0.2) is 88.5 Å². The minimum absolute atomic E-state index is 0.136. The summed E-state index contributed by atoms with van der Waals surface area (Å²) in [7, 11) is 1.10. The first kappa shape index (κ1) is 31.1. The van der Waals surface area contributed by atoms with Crippen LogP contribution in [-0.2, 0) is 33.3 Å². The summed E-state index contributed by atoms with van der Waals surface area (Å²) in [5, 5.41) is 35.9. The molecule has 4 aliphatic rings. The van der Waals surface area contributed by atoms with Crippen molar-refractivity contribution in [3.8, 4) is 0 Å². The molecule has 3 N–H and O–H groups in total. The number of benzene rings is 1. The van der Waals surface area contributed by atoms with Crippen molar-refractivity contribution in [3.05, 3.63) is 47.2 Å². The molecule has 2 bridgehead atoms. The second kappa shape index (κ2) is 10.4. The van der Waals surface area contributed by atoms with Gasteiger partial charge in [0.05, 0.1) is 42.8 Å². The van der Waals surface area contributed by atoms with Crippen LogP contribution in [0.4, 0.5) is 4.79 Å². The van der Waals surface area contributed by atoms with Gasteiger partial charge in [0.1, 0.15) is 17.8 Å². The molecule has 2 unspecified atom stereocenters. The zero-order valence-electron chi connectivity index (χ0n) is 25.0. The number of aliphatic hydroxyl groups is 3. The zero-order chi connectivity index (χ0) is 31.7. The Kier molecular flexibility index (Phi) is 7.52. The highest BCUT2D eigenvalue weighted by atomic mass is 16.8. The van der Waals surface area contributed by atoms with Crippen LogP contribution in [0.2, 0.25) is 0 Å². The van der Waals surface area contributed by atoms with Crippen molar-refractivity contribution in [2.45, 2.75) is 83.1 Å². The summed E-state index contributed by atoms with van der Waals surface area (Å²) in [5.41, 5.74) is -7.03. The maximum Gasteiger partial charge on any atom is 0.508 e. The third-order valence-corrected chi connectivity index (χ3v) is 10.3. The van der Waals surface area contributed by atoms with Gasteiger partial charge in [-0.3, -0.25) is 9.59 Å². The average molecular weight is 603 g/mol. The molecule has 1 aliphatic heterocycles. The number of allylic oxidation sites excluding steroid dienone is 1. The third-order valence-electron chi connectivity index (χ3n) is 10.3. The SMILES string of the molecule is COC(=O)O[C@@]12CO[C@@H]1C[C@H](O)[C@@]1(C)C(=O)C(OC(C)=O)=C3C(C)[C@@H](O)C[C@@](O)([C@@H](OC(=O)c4ccccc4)C12)C3(C)C. The largest absolute Gasteiger partial charge is 0.508 e. The monoisotopic (exact) mass is 602 g/mol. The second-order valence-corrected chi connectivity index (χ2v) is 12.8. The number of carbonyl (C=O) groups is 4. The van der Waals surface area contributed by atoms with E-state index < -0.39 is 87.9 Å². The van der Waals surface area contributed by atoms with Crippen molar-refractivity contribution in [1.82, 2.24) is 0 Å². The molecule has 1 heterocycles. The van der Waals surface area contributed by atoms with Gasteiger partial charge in [0.2, 0.25) is 5.78 Å². The lowest BCUT2D eigenvalue weighted by Crippen LogP contribution is -2.81. The Bertz CT molecular complexity index is 1370. The highest BCUT2D eigenvalue weighted by molar-refractivity contribution is 6.02. The topological polar surface area (TPSA) is 175 Å². The van der Waals surface area contributed by atoms with Gasteiger partial charge in [-0.05, 0) is 24.6 Å². The number of hydrogen-bond donors (Lipinski definition) is 3. The van der Waals surface area contributed by atoms with Crippen LogP contribution in [0.15, 0.2) is 41.7 Å². The summed E-state index contributed by atoms with van der Waals surface area (Å²) in [6.45, 7) is 7.10. The molecule has 9 atom stereocenters. The Labute approximate surface area is 248 Å². The van der Waals surface area contributed by atoms with Crippen molar-refractivity contribution in [3.63, 3.8) is 0 Å². The van der Waals surface area contributed by atoms with Gasteiger partial charge >= 0.3 is 18.1 Å². The number of aliphatic hydroxyl groups excluding tert-OH is 2. The Morgan fingerprint density at radius 2 is 1.72 bits per heavy atom. The number of ether oxygens (including phenoxy) is 5. The molecule has 0 aromatic heterocycles. The van der Waals surface area contributed by atoms with Crippen LogP contribution in [0, 0.1) is 22.7 Å². The number of fused-ring (bicyclic) bond motifs is 5. The number of hydrogen-bond acceptors (Lipinski definition) is 12. The number of rotatable bonds is 4. The van der Waals surface area contributed by atoms with Crippen LogP contribution in [0.3, 0.4) is 0 Å². The predicted molar refractivity (Wildman–Crippen MR) is 146 cm³/mol. The first-order valence-electron chi connectivity index (χ1n) is 14.3. The molecule has 2 saturated carbocycles. The fraction of sp³-hybridized carbons (Fsp3) is 0.613. The van der Waals surface area contributed by atoms with E-state index in [9.17, 15) is 34.5 Å². The zero-order valence-corrected chi connectivity index (χ0v) is 25.0. The van der Waals surface area contributed by atoms with E-state index in [0.29, 0.717) is 0 Å². The van der Waals surface area contributed by atoms with Crippen LogP contribution in [0.25, 0.3) is 0 Å². The maximum absolute atomic E-state index is 14.8. The third kappa shape index (κ3) is 4.33. The summed E-state index contributed by atoms with van der Waals surface area (Å²) in [5.74, 6) is -5.17. The van der Waals surface area contributed by atoms with Crippen molar-refractivity contribution in [2.75, 3.05) is 13.7 Å². The standard InChI is InChI=1S/C31H38O12/c1-15-18(33)13-31(38)25(42-26(36)17-10-8-7-9-11-17)23-29(5,24(35)22(41-16(2)32)21(15)28(31,3)4)19(34)12-20-30(23,14-40-20)43-27(37)39-6/h7-11,15,18-20,23,25,33-34,38H,12-14H2,1-6H3/t15?,18-,19-,20+,23?,25-,29+,30-,31+/m0/s1. The summed E-state index contributed by atoms with van der Waals surface area (Å²) < 4.78 is 28.1. The number of methoxy groups -OCH3 is 1. The lowest BCUT2D eigenvalue weighted by atomic mass is 9.45. The van der Waals surface area contributed by atoms with E-state index in [-0.39, 0.29) is 30.6 Å². The highest BCUT2D eigenvalue weighted by Gasteiger charge is 2.78. The van der Waals surface area contributed by atoms with Crippen LogP contribution in [0.5, 0.6) is 0 Å². The van der Waals surface area contributed by atoms with Gasteiger partial charge in [-0.2, -0.15) is 0 Å². The molecule has 43 heavy (non-hydrogen) atoms. The van der Waals surface area contributed by atoms with Crippen LogP contribution in [0.1, 0.15) is 57.8 Å². The Hall–Kier alpha value is -3.32. The Morgan fingerprint density at radius 1 is 1.07 bits per heavy atom. The Morgan fingerprint density at radius 3 is 2.28 bits per heavy atom. The number of Topliss-reactive ketones (excluding diaryl/α,β-unsaturated/α-hetero) is 1. The fourth-order valence-corrected chi connectivity index (χ4v) is 7.82. The van der Waals surface area contributed by atoms with Crippen molar-refractivity contribution >= 4 is 23.9 Å². The van der Waals surface area contributed by atoms with Gasteiger partial charge in [-0.1, -0.05) is 39.0 Å².